The minimum absolute atomic E-state index is 0.702. The molecule has 1 fully saturated rings. The van der Waals surface area contributed by atoms with Crippen molar-refractivity contribution in [1.82, 2.24) is 0 Å². The van der Waals surface area contributed by atoms with Gasteiger partial charge in [-0.15, -0.1) is 0 Å². The van der Waals surface area contributed by atoms with E-state index >= 15 is 0 Å². The highest BCUT2D eigenvalue weighted by Crippen LogP contribution is 2.34. The molecule has 1 aliphatic rings. The summed E-state index contributed by atoms with van der Waals surface area (Å²) in [6.07, 6.45) is 13.1. The molecular formula is C29H35N. The van der Waals surface area contributed by atoms with Crippen LogP contribution in [0, 0.1) is 35.0 Å². The number of unbranched alkanes of at least 4 members (excludes halogenated alkanes) is 1. The lowest BCUT2D eigenvalue weighted by Gasteiger charge is -2.28. The molecule has 0 saturated heterocycles. The Hall–Kier alpha value is -2.51. The van der Waals surface area contributed by atoms with Gasteiger partial charge in [0.2, 0.25) is 0 Å². The van der Waals surface area contributed by atoms with Gasteiger partial charge in [-0.3, -0.25) is 0 Å². The molecule has 3 rings (SSSR count). The molecule has 0 atom stereocenters. The van der Waals surface area contributed by atoms with E-state index in [1.165, 1.54) is 62.5 Å². The normalized spacial score (nSPS) is 18.3. The van der Waals surface area contributed by atoms with E-state index in [1.807, 2.05) is 6.07 Å². The van der Waals surface area contributed by atoms with Gasteiger partial charge < -0.3 is 0 Å². The van der Waals surface area contributed by atoms with E-state index in [0.717, 1.165) is 35.8 Å². The molecule has 156 valence electrons. The van der Waals surface area contributed by atoms with E-state index in [-0.39, 0.29) is 0 Å². The third-order valence-corrected chi connectivity index (χ3v) is 6.68. The molecule has 1 nitrogen and oxygen atoms in total. The summed E-state index contributed by atoms with van der Waals surface area (Å²) in [6.45, 7) is 4.45. The predicted molar refractivity (Wildman–Crippen MR) is 126 cm³/mol. The number of nitrogens with zero attached hydrogens (tertiary/aromatic N) is 1. The summed E-state index contributed by atoms with van der Waals surface area (Å²) in [6, 6.07) is 17.0. The Kier molecular flexibility index (Phi) is 8.59. The van der Waals surface area contributed by atoms with Crippen LogP contribution in [0.4, 0.5) is 0 Å². The van der Waals surface area contributed by atoms with Gasteiger partial charge in [0.05, 0.1) is 5.56 Å². The van der Waals surface area contributed by atoms with Crippen LogP contribution in [0.2, 0.25) is 0 Å². The standard InChI is InChI=1S/C29H35N/c1-3-5-6-24-11-13-25(14-12-24)15-16-27-18-20-28(29(21-27)22-30)19-17-26-9-7-23(4-2)8-10-26/h7-10,18,20-21,24-25H,3-6,11-16H2,1-2H3. The Morgan fingerprint density at radius 1 is 0.800 bits per heavy atom. The van der Waals surface area contributed by atoms with Crippen molar-refractivity contribution >= 4 is 0 Å². The van der Waals surface area contributed by atoms with Crippen LogP contribution >= 0.6 is 0 Å². The molecule has 0 aromatic heterocycles. The number of benzene rings is 2. The van der Waals surface area contributed by atoms with E-state index in [1.54, 1.807) is 0 Å². The summed E-state index contributed by atoms with van der Waals surface area (Å²) in [5.74, 6) is 8.24. The summed E-state index contributed by atoms with van der Waals surface area (Å²) in [4.78, 5) is 0. The third kappa shape index (κ3) is 6.50. The quantitative estimate of drug-likeness (QED) is 0.445. The molecule has 2 aromatic carbocycles. The topological polar surface area (TPSA) is 23.8 Å². The van der Waals surface area contributed by atoms with Crippen molar-refractivity contribution in [2.75, 3.05) is 0 Å². The fourth-order valence-electron chi connectivity index (χ4n) is 4.58. The van der Waals surface area contributed by atoms with Crippen LogP contribution in [-0.4, -0.2) is 0 Å². The van der Waals surface area contributed by atoms with Crippen molar-refractivity contribution in [3.05, 3.63) is 70.3 Å². The first-order valence-corrected chi connectivity index (χ1v) is 11.9. The molecule has 0 amide bonds. The van der Waals surface area contributed by atoms with Crippen molar-refractivity contribution in [3.8, 4) is 17.9 Å². The zero-order chi connectivity index (χ0) is 21.2. The Balaban J connectivity index is 1.56. The van der Waals surface area contributed by atoms with E-state index < -0.39 is 0 Å². The van der Waals surface area contributed by atoms with Gasteiger partial charge in [0.25, 0.3) is 0 Å². The fraction of sp³-hybridized carbons (Fsp3) is 0.483. The average molecular weight is 398 g/mol. The smallest absolute Gasteiger partial charge is 0.100 e. The van der Waals surface area contributed by atoms with Crippen molar-refractivity contribution in [2.24, 2.45) is 11.8 Å². The highest BCUT2D eigenvalue weighted by molar-refractivity contribution is 5.52. The highest BCUT2D eigenvalue weighted by Gasteiger charge is 2.20. The van der Waals surface area contributed by atoms with Gasteiger partial charge in [0.1, 0.15) is 6.07 Å². The van der Waals surface area contributed by atoms with Crippen LogP contribution in [0.3, 0.4) is 0 Å². The average Bonchev–Trinajstić information content (AvgIpc) is 2.81. The molecule has 0 heterocycles. The maximum atomic E-state index is 9.61. The first-order chi connectivity index (χ1) is 14.7. The zero-order valence-corrected chi connectivity index (χ0v) is 18.7. The maximum Gasteiger partial charge on any atom is 0.100 e. The first kappa shape index (κ1) is 22.2. The van der Waals surface area contributed by atoms with Gasteiger partial charge >= 0.3 is 0 Å². The Bertz CT molecular complexity index is 896. The van der Waals surface area contributed by atoms with E-state index in [9.17, 15) is 5.26 Å². The first-order valence-electron chi connectivity index (χ1n) is 11.9. The van der Waals surface area contributed by atoms with Crippen LogP contribution in [0.25, 0.3) is 0 Å². The minimum Gasteiger partial charge on any atom is -0.192 e. The second-order valence-corrected chi connectivity index (χ2v) is 8.86. The van der Waals surface area contributed by atoms with Gasteiger partial charge in [-0.1, -0.05) is 88.8 Å². The number of hydrogen-bond acceptors (Lipinski definition) is 1. The summed E-state index contributed by atoms with van der Waals surface area (Å²) < 4.78 is 0. The molecule has 0 N–H and O–H groups in total. The van der Waals surface area contributed by atoms with Gasteiger partial charge in [0.15, 0.2) is 0 Å². The van der Waals surface area contributed by atoms with Gasteiger partial charge in [-0.05, 0) is 66.5 Å². The van der Waals surface area contributed by atoms with Crippen LogP contribution in [0.15, 0.2) is 42.5 Å². The fourth-order valence-corrected chi connectivity index (χ4v) is 4.58. The molecule has 1 heteroatoms. The maximum absolute atomic E-state index is 9.61. The van der Waals surface area contributed by atoms with Gasteiger partial charge in [-0.25, -0.2) is 0 Å². The summed E-state index contributed by atoms with van der Waals surface area (Å²) in [7, 11) is 0. The monoisotopic (exact) mass is 397 g/mol. The number of hydrogen-bond donors (Lipinski definition) is 0. The Morgan fingerprint density at radius 3 is 2.10 bits per heavy atom. The van der Waals surface area contributed by atoms with Crippen LogP contribution < -0.4 is 0 Å². The lowest BCUT2D eigenvalue weighted by molar-refractivity contribution is 0.250. The molecule has 2 aromatic rings. The van der Waals surface area contributed by atoms with Crippen molar-refractivity contribution in [2.45, 2.75) is 78.1 Å². The number of rotatable bonds is 7. The molecule has 0 unspecified atom stereocenters. The molecule has 30 heavy (non-hydrogen) atoms. The van der Waals surface area contributed by atoms with Crippen LogP contribution in [0.1, 0.15) is 93.0 Å². The second kappa shape index (κ2) is 11.6. The molecule has 1 aliphatic carbocycles. The third-order valence-electron chi connectivity index (χ3n) is 6.68. The summed E-state index contributed by atoms with van der Waals surface area (Å²) >= 11 is 0. The Morgan fingerprint density at radius 2 is 1.47 bits per heavy atom. The lowest BCUT2D eigenvalue weighted by Crippen LogP contribution is -2.15. The van der Waals surface area contributed by atoms with Gasteiger partial charge in [-0.2, -0.15) is 5.26 Å². The molecule has 0 spiro atoms. The van der Waals surface area contributed by atoms with Gasteiger partial charge in [0, 0.05) is 11.1 Å². The Labute approximate surface area is 183 Å². The van der Waals surface area contributed by atoms with E-state index in [0.29, 0.717) is 5.56 Å². The lowest BCUT2D eigenvalue weighted by atomic mass is 9.78. The largest absolute Gasteiger partial charge is 0.192 e. The highest BCUT2D eigenvalue weighted by atomic mass is 14.3. The number of nitriles is 1. The number of aryl methyl sites for hydroxylation is 2. The van der Waals surface area contributed by atoms with Crippen molar-refractivity contribution in [3.63, 3.8) is 0 Å². The van der Waals surface area contributed by atoms with Crippen LogP contribution in [-0.2, 0) is 12.8 Å². The molecule has 0 radical (unpaired) electrons. The SMILES string of the molecule is CCCCC1CCC(CCc2ccc(C#Cc3ccc(CC)cc3)c(C#N)c2)CC1. The predicted octanol–water partition coefficient (Wildman–Crippen LogP) is 7.45. The molecule has 1 saturated carbocycles. The van der Waals surface area contributed by atoms with E-state index in [4.69, 9.17) is 0 Å². The summed E-state index contributed by atoms with van der Waals surface area (Å²) in [5.41, 5.74) is 5.12. The zero-order valence-electron chi connectivity index (χ0n) is 18.7. The summed E-state index contributed by atoms with van der Waals surface area (Å²) in [5, 5.41) is 9.61. The van der Waals surface area contributed by atoms with Crippen molar-refractivity contribution < 1.29 is 0 Å². The van der Waals surface area contributed by atoms with E-state index in [2.05, 4.69) is 68.2 Å². The van der Waals surface area contributed by atoms with Crippen LogP contribution in [0.5, 0.6) is 0 Å². The second-order valence-electron chi connectivity index (χ2n) is 8.86. The van der Waals surface area contributed by atoms with Crippen molar-refractivity contribution in [1.29, 1.82) is 5.26 Å². The molecule has 0 aliphatic heterocycles. The minimum atomic E-state index is 0.702. The molecular weight excluding hydrogens is 362 g/mol. The molecule has 0 bridgehead atoms.